The summed E-state index contributed by atoms with van der Waals surface area (Å²) in [6.07, 6.45) is 0. The summed E-state index contributed by atoms with van der Waals surface area (Å²) in [6, 6.07) is 17.9. The SMILES string of the molecule is CN(C)CCOc1cccc(NC(=O)c2cc(O)c3ccccc3c2)c1. The van der Waals surface area contributed by atoms with Gasteiger partial charge in [-0.3, -0.25) is 4.79 Å². The van der Waals surface area contributed by atoms with Crippen molar-refractivity contribution in [1.82, 2.24) is 4.90 Å². The minimum absolute atomic E-state index is 0.0917. The first-order valence-corrected chi connectivity index (χ1v) is 8.43. The number of hydrogen-bond acceptors (Lipinski definition) is 4. The third kappa shape index (κ3) is 4.32. The van der Waals surface area contributed by atoms with E-state index < -0.39 is 0 Å². The fourth-order valence-corrected chi connectivity index (χ4v) is 2.63. The van der Waals surface area contributed by atoms with Crippen molar-refractivity contribution in [1.29, 1.82) is 0 Å². The molecule has 1 amide bonds. The number of ether oxygens (including phenoxy) is 1. The van der Waals surface area contributed by atoms with Crippen LogP contribution in [0.15, 0.2) is 60.7 Å². The lowest BCUT2D eigenvalue weighted by atomic mass is 10.1. The van der Waals surface area contributed by atoms with Gasteiger partial charge in [0, 0.05) is 29.2 Å². The van der Waals surface area contributed by atoms with Crippen LogP contribution in [-0.4, -0.2) is 43.2 Å². The first-order chi connectivity index (χ1) is 12.5. The van der Waals surface area contributed by atoms with Crippen LogP contribution in [0.5, 0.6) is 11.5 Å². The van der Waals surface area contributed by atoms with E-state index >= 15 is 0 Å². The predicted octanol–water partition coefficient (Wildman–Crippen LogP) is 3.74. The lowest BCUT2D eigenvalue weighted by molar-refractivity contribution is 0.102. The molecule has 0 spiro atoms. The molecule has 0 saturated carbocycles. The zero-order chi connectivity index (χ0) is 18.5. The molecule has 3 rings (SSSR count). The number of carbonyl (C=O) groups is 1. The lowest BCUT2D eigenvalue weighted by Crippen LogP contribution is -2.19. The summed E-state index contributed by atoms with van der Waals surface area (Å²) >= 11 is 0. The molecular formula is C21H22N2O3. The topological polar surface area (TPSA) is 61.8 Å². The molecule has 0 bridgehead atoms. The van der Waals surface area contributed by atoms with E-state index in [9.17, 15) is 9.90 Å². The van der Waals surface area contributed by atoms with Gasteiger partial charge in [-0.25, -0.2) is 0 Å². The van der Waals surface area contributed by atoms with Gasteiger partial charge in [0.15, 0.2) is 0 Å². The molecule has 3 aromatic carbocycles. The summed E-state index contributed by atoms with van der Waals surface area (Å²) in [5.74, 6) is 0.511. The Morgan fingerprint density at radius 1 is 1.08 bits per heavy atom. The van der Waals surface area contributed by atoms with Gasteiger partial charge < -0.3 is 20.1 Å². The average molecular weight is 350 g/mol. The number of fused-ring (bicyclic) bond motifs is 1. The van der Waals surface area contributed by atoms with Crippen molar-refractivity contribution < 1.29 is 14.6 Å². The number of aromatic hydroxyl groups is 1. The predicted molar refractivity (Wildman–Crippen MR) is 104 cm³/mol. The number of benzene rings is 3. The molecule has 0 radical (unpaired) electrons. The summed E-state index contributed by atoms with van der Waals surface area (Å²) in [5, 5.41) is 14.5. The molecular weight excluding hydrogens is 328 g/mol. The summed E-state index contributed by atoms with van der Waals surface area (Å²) in [7, 11) is 3.97. The van der Waals surface area contributed by atoms with Gasteiger partial charge in [-0.2, -0.15) is 0 Å². The zero-order valence-corrected chi connectivity index (χ0v) is 14.9. The van der Waals surface area contributed by atoms with E-state index in [0.29, 0.717) is 23.6 Å². The van der Waals surface area contributed by atoms with Gasteiger partial charge in [0.2, 0.25) is 0 Å². The standard InChI is InChI=1S/C21H22N2O3/c1-23(2)10-11-26-18-8-5-7-17(14-18)22-21(25)16-12-15-6-3-4-9-19(15)20(24)13-16/h3-9,12-14,24H,10-11H2,1-2H3,(H,22,25). The highest BCUT2D eigenvalue weighted by atomic mass is 16.5. The number of phenolic OH excluding ortho intramolecular Hbond substituents is 1. The van der Waals surface area contributed by atoms with Gasteiger partial charge in [0.25, 0.3) is 5.91 Å². The molecule has 5 nitrogen and oxygen atoms in total. The molecule has 0 heterocycles. The monoisotopic (exact) mass is 350 g/mol. The fourth-order valence-electron chi connectivity index (χ4n) is 2.63. The lowest BCUT2D eigenvalue weighted by Gasteiger charge is -2.12. The normalized spacial score (nSPS) is 10.9. The van der Waals surface area contributed by atoms with Crippen LogP contribution in [0.2, 0.25) is 0 Å². The Kier molecular flexibility index (Phi) is 5.39. The molecule has 2 N–H and O–H groups in total. The second kappa shape index (κ2) is 7.89. The van der Waals surface area contributed by atoms with Gasteiger partial charge in [-0.1, -0.05) is 30.3 Å². The highest BCUT2D eigenvalue weighted by Crippen LogP contribution is 2.27. The average Bonchev–Trinajstić information content (AvgIpc) is 2.62. The quantitative estimate of drug-likeness (QED) is 0.711. The maximum atomic E-state index is 12.6. The molecule has 0 aliphatic heterocycles. The molecule has 3 aromatic rings. The summed E-state index contributed by atoms with van der Waals surface area (Å²) in [6.45, 7) is 1.38. The van der Waals surface area contributed by atoms with Crippen molar-refractivity contribution in [2.45, 2.75) is 0 Å². The molecule has 5 heteroatoms. The molecule has 0 aliphatic rings. The highest BCUT2D eigenvalue weighted by molar-refractivity contribution is 6.07. The van der Waals surface area contributed by atoms with Crippen LogP contribution in [0.1, 0.15) is 10.4 Å². The Labute approximate surface area is 152 Å². The highest BCUT2D eigenvalue weighted by Gasteiger charge is 2.10. The zero-order valence-electron chi connectivity index (χ0n) is 14.9. The Bertz CT molecular complexity index is 922. The van der Waals surface area contributed by atoms with E-state index in [-0.39, 0.29) is 11.7 Å². The van der Waals surface area contributed by atoms with Crippen LogP contribution >= 0.6 is 0 Å². The van der Waals surface area contributed by atoms with Crippen LogP contribution in [0.4, 0.5) is 5.69 Å². The second-order valence-corrected chi connectivity index (χ2v) is 6.35. The van der Waals surface area contributed by atoms with E-state index in [0.717, 1.165) is 17.3 Å². The number of nitrogens with zero attached hydrogens (tertiary/aromatic N) is 1. The van der Waals surface area contributed by atoms with E-state index in [2.05, 4.69) is 5.32 Å². The van der Waals surface area contributed by atoms with Crippen LogP contribution < -0.4 is 10.1 Å². The van der Waals surface area contributed by atoms with Crippen LogP contribution in [0, 0.1) is 0 Å². The van der Waals surface area contributed by atoms with Gasteiger partial charge in [-0.05, 0) is 43.7 Å². The minimum atomic E-state index is -0.281. The first-order valence-electron chi connectivity index (χ1n) is 8.43. The minimum Gasteiger partial charge on any atom is -0.507 e. The van der Waals surface area contributed by atoms with Crippen LogP contribution in [-0.2, 0) is 0 Å². The van der Waals surface area contributed by atoms with Gasteiger partial charge in [0.05, 0.1) is 0 Å². The molecule has 0 saturated heterocycles. The fraction of sp³-hybridized carbons (Fsp3) is 0.190. The Hall–Kier alpha value is -3.05. The molecule has 0 atom stereocenters. The molecule has 0 aromatic heterocycles. The van der Waals surface area contributed by atoms with Crippen molar-refractivity contribution in [2.75, 3.05) is 32.6 Å². The van der Waals surface area contributed by atoms with E-state index in [4.69, 9.17) is 4.74 Å². The summed E-state index contributed by atoms with van der Waals surface area (Å²) in [5.41, 5.74) is 1.05. The number of phenols is 1. The van der Waals surface area contributed by atoms with Crippen LogP contribution in [0.25, 0.3) is 10.8 Å². The molecule has 0 fully saturated rings. The number of likely N-dealkylation sites (N-methyl/N-ethyl adjacent to an activating group) is 1. The smallest absolute Gasteiger partial charge is 0.255 e. The van der Waals surface area contributed by atoms with Crippen molar-refractivity contribution in [2.24, 2.45) is 0 Å². The summed E-state index contributed by atoms with van der Waals surface area (Å²) < 4.78 is 5.69. The maximum absolute atomic E-state index is 12.6. The van der Waals surface area contributed by atoms with E-state index in [1.165, 1.54) is 6.07 Å². The molecule has 134 valence electrons. The van der Waals surface area contributed by atoms with Crippen molar-refractivity contribution in [3.05, 3.63) is 66.2 Å². The largest absolute Gasteiger partial charge is 0.507 e. The van der Waals surface area contributed by atoms with Crippen molar-refractivity contribution >= 4 is 22.4 Å². The van der Waals surface area contributed by atoms with Gasteiger partial charge in [0.1, 0.15) is 18.1 Å². The van der Waals surface area contributed by atoms with Gasteiger partial charge in [-0.15, -0.1) is 0 Å². The van der Waals surface area contributed by atoms with E-state index in [1.54, 1.807) is 18.2 Å². The van der Waals surface area contributed by atoms with E-state index in [1.807, 2.05) is 55.4 Å². The third-order valence-corrected chi connectivity index (χ3v) is 4.00. The molecule has 26 heavy (non-hydrogen) atoms. The third-order valence-electron chi connectivity index (χ3n) is 4.00. The Morgan fingerprint density at radius 3 is 2.69 bits per heavy atom. The maximum Gasteiger partial charge on any atom is 0.255 e. The number of anilines is 1. The number of hydrogen-bond donors (Lipinski definition) is 2. The van der Waals surface area contributed by atoms with Crippen molar-refractivity contribution in [3.8, 4) is 11.5 Å². The van der Waals surface area contributed by atoms with Crippen molar-refractivity contribution in [3.63, 3.8) is 0 Å². The number of carbonyl (C=O) groups excluding carboxylic acids is 1. The second-order valence-electron chi connectivity index (χ2n) is 6.35. The first kappa shape index (κ1) is 17.8. The number of rotatable bonds is 6. The van der Waals surface area contributed by atoms with Gasteiger partial charge >= 0.3 is 0 Å². The summed E-state index contributed by atoms with van der Waals surface area (Å²) in [4.78, 5) is 14.6. The van der Waals surface area contributed by atoms with Crippen LogP contribution in [0.3, 0.4) is 0 Å². The number of nitrogens with one attached hydrogen (secondary N) is 1. The Balaban J connectivity index is 1.74. The molecule has 0 unspecified atom stereocenters. The molecule has 0 aliphatic carbocycles. The Morgan fingerprint density at radius 2 is 1.88 bits per heavy atom. The number of amides is 1.